The van der Waals surface area contributed by atoms with Crippen LogP contribution in [-0.2, 0) is 14.8 Å². The molecule has 0 aromatic heterocycles. The van der Waals surface area contributed by atoms with Gasteiger partial charge >= 0.3 is 0 Å². The first-order valence-corrected chi connectivity index (χ1v) is 11.6. The zero-order valence-electron chi connectivity index (χ0n) is 17.7. The van der Waals surface area contributed by atoms with Crippen LogP contribution in [0.4, 0.5) is 11.4 Å². The minimum absolute atomic E-state index is 0.199. The lowest BCUT2D eigenvalue weighted by molar-refractivity contribution is -0.114. The molecule has 1 heterocycles. The Hall–Kier alpha value is -3.53. The molecule has 0 spiro atoms. The zero-order valence-corrected chi connectivity index (χ0v) is 18.5. The normalized spacial score (nSPS) is 12.5. The SMILES string of the molecule is C=CCNC(=O)c1ccccc1NC(=O)CN(c1ccc2c(c1)OCCO2)S(=O)(=O)CC. The highest BCUT2D eigenvalue weighted by Gasteiger charge is 2.26. The lowest BCUT2D eigenvalue weighted by Crippen LogP contribution is -2.39. The first kappa shape index (κ1) is 23.1. The Balaban J connectivity index is 1.83. The number of carbonyl (C=O) groups excluding carboxylic acids is 2. The molecular weight excluding hydrogens is 434 g/mol. The van der Waals surface area contributed by atoms with E-state index in [-0.39, 0.29) is 35.1 Å². The molecule has 0 bridgehead atoms. The summed E-state index contributed by atoms with van der Waals surface area (Å²) in [5, 5.41) is 5.29. The third-order valence-corrected chi connectivity index (χ3v) is 6.40. The molecule has 2 aromatic carbocycles. The van der Waals surface area contributed by atoms with Crippen LogP contribution in [0.2, 0.25) is 0 Å². The highest BCUT2D eigenvalue weighted by molar-refractivity contribution is 7.92. The van der Waals surface area contributed by atoms with Crippen molar-refractivity contribution in [1.82, 2.24) is 5.32 Å². The third kappa shape index (κ3) is 5.38. The van der Waals surface area contributed by atoms with E-state index in [4.69, 9.17) is 9.47 Å². The van der Waals surface area contributed by atoms with E-state index >= 15 is 0 Å². The quantitative estimate of drug-likeness (QED) is 0.556. The van der Waals surface area contributed by atoms with Crippen molar-refractivity contribution >= 4 is 33.2 Å². The van der Waals surface area contributed by atoms with Gasteiger partial charge in [0.25, 0.3) is 5.91 Å². The number of rotatable bonds is 9. The summed E-state index contributed by atoms with van der Waals surface area (Å²) >= 11 is 0. The Morgan fingerprint density at radius 2 is 1.84 bits per heavy atom. The molecule has 10 heteroatoms. The number of nitrogens with one attached hydrogen (secondary N) is 2. The lowest BCUT2D eigenvalue weighted by Gasteiger charge is -2.25. The summed E-state index contributed by atoms with van der Waals surface area (Å²) in [6.07, 6.45) is 1.54. The van der Waals surface area contributed by atoms with Gasteiger partial charge in [-0.25, -0.2) is 8.42 Å². The molecular formula is C22H25N3O6S. The van der Waals surface area contributed by atoms with Crippen molar-refractivity contribution < 1.29 is 27.5 Å². The summed E-state index contributed by atoms with van der Waals surface area (Å²) < 4.78 is 37.5. The molecule has 1 aliphatic heterocycles. The molecule has 0 aliphatic carbocycles. The van der Waals surface area contributed by atoms with Crippen LogP contribution in [0.5, 0.6) is 11.5 Å². The van der Waals surface area contributed by atoms with Crippen molar-refractivity contribution in [3.8, 4) is 11.5 Å². The van der Waals surface area contributed by atoms with Gasteiger partial charge in [-0.2, -0.15) is 0 Å². The van der Waals surface area contributed by atoms with Crippen LogP contribution in [0, 0.1) is 0 Å². The van der Waals surface area contributed by atoms with Crippen LogP contribution in [0.1, 0.15) is 17.3 Å². The molecule has 3 rings (SSSR count). The fourth-order valence-corrected chi connectivity index (χ4v) is 4.12. The molecule has 2 amide bonds. The number of sulfonamides is 1. The maximum atomic E-state index is 12.8. The van der Waals surface area contributed by atoms with Crippen molar-refractivity contribution in [3.63, 3.8) is 0 Å². The molecule has 0 saturated heterocycles. The fourth-order valence-electron chi connectivity index (χ4n) is 3.06. The maximum Gasteiger partial charge on any atom is 0.253 e. The largest absolute Gasteiger partial charge is 0.486 e. The Bertz CT molecular complexity index is 1120. The number of nitrogens with zero attached hydrogens (tertiary/aromatic N) is 1. The first-order valence-electron chi connectivity index (χ1n) is 10.0. The van der Waals surface area contributed by atoms with Gasteiger partial charge < -0.3 is 20.1 Å². The smallest absolute Gasteiger partial charge is 0.253 e. The number of amides is 2. The highest BCUT2D eigenvalue weighted by Crippen LogP contribution is 2.34. The van der Waals surface area contributed by atoms with E-state index in [0.29, 0.717) is 24.7 Å². The van der Waals surface area contributed by atoms with Gasteiger partial charge in [0.05, 0.1) is 22.7 Å². The summed E-state index contributed by atoms with van der Waals surface area (Å²) in [5.41, 5.74) is 0.810. The van der Waals surface area contributed by atoms with Crippen LogP contribution in [0.15, 0.2) is 55.1 Å². The van der Waals surface area contributed by atoms with E-state index in [1.54, 1.807) is 42.5 Å². The van der Waals surface area contributed by atoms with Gasteiger partial charge in [-0.1, -0.05) is 18.2 Å². The second-order valence-electron chi connectivity index (χ2n) is 6.83. The number of carbonyl (C=O) groups is 2. The first-order chi connectivity index (χ1) is 15.4. The highest BCUT2D eigenvalue weighted by atomic mass is 32.2. The summed E-state index contributed by atoms with van der Waals surface area (Å²) in [4.78, 5) is 25.2. The monoisotopic (exact) mass is 459 g/mol. The zero-order chi connectivity index (χ0) is 23.1. The van der Waals surface area contributed by atoms with Crippen LogP contribution >= 0.6 is 0 Å². The molecule has 0 radical (unpaired) electrons. The molecule has 2 N–H and O–H groups in total. The summed E-state index contributed by atoms with van der Waals surface area (Å²) in [6.45, 7) is 5.61. The number of benzene rings is 2. The molecule has 170 valence electrons. The van der Waals surface area contributed by atoms with Crippen LogP contribution in [0.3, 0.4) is 0 Å². The second-order valence-corrected chi connectivity index (χ2v) is 9.01. The lowest BCUT2D eigenvalue weighted by atomic mass is 10.1. The number of anilines is 2. The van der Waals surface area contributed by atoms with E-state index in [0.717, 1.165) is 4.31 Å². The fraction of sp³-hybridized carbons (Fsp3) is 0.273. The maximum absolute atomic E-state index is 12.8. The van der Waals surface area contributed by atoms with Gasteiger partial charge in [0.1, 0.15) is 19.8 Å². The molecule has 0 atom stereocenters. The van der Waals surface area contributed by atoms with E-state index in [9.17, 15) is 18.0 Å². The number of hydrogen-bond donors (Lipinski definition) is 2. The Morgan fingerprint density at radius 1 is 1.12 bits per heavy atom. The molecule has 1 aliphatic rings. The van der Waals surface area contributed by atoms with E-state index in [1.807, 2.05) is 0 Å². The molecule has 0 unspecified atom stereocenters. The van der Waals surface area contributed by atoms with Gasteiger partial charge in [-0.3, -0.25) is 13.9 Å². The van der Waals surface area contributed by atoms with Crippen molar-refractivity contribution in [3.05, 3.63) is 60.7 Å². The van der Waals surface area contributed by atoms with Gasteiger partial charge in [0.2, 0.25) is 15.9 Å². The van der Waals surface area contributed by atoms with Gasteiger partial charge in [-0.15, -0.1) is 6.58 Å². The van der Waals surface area contributed by atoms with Crippen LogP contribution in [-0.4, -0.2) is 52.3 Å². The van der Waals surface area contributed by atoms with Crippen molar-refractivity contribution in [2.24, 2.45) is 0 Å². The van der Waals surface area contributed by atoms with E-state index in [1.165, 1.54) is 13.0 Å². The van der Waals surface area contributed by atoms with Crippen LogP contribution in [0.25, 0.3) is 0 Å². The number of ether oxygens (including phenoxy) is 2. The van der Waals surface area contributed by atoms with Gasteiger partial charge in [0.15, 0.2) is 11.5 Å². The molecule has 2 aromatic rings. The van der Waals surface area contributed by atoms with Crippen LogP contribution < -0.4 is 24.4 Å². The summed E-state index contributed by atoms with van der Waals surface area (Å²) in [6, 6.07) is 11.2. The van der Waals surface area contributed by atoms with Crippen molar-refractivity contribution in [1.29, 1.82) is 0 Å². The predicted molar refractivity (Wildman–Crippen MR) is 122 cm³/mol. The summed E-state index contributed by atoms with van der Waals surface area (Å²) in [5.74, 6) is -0.256. The molecule has 0 saturated carbocycles. The Labute approximate surface area is 187 Å². The summed E-state index contributed by atoms with van der Waals surface area (Å²) in [7, 11) is -3.78. The second kappa shape index (κ2) is 10.2. The molecule has 0 fully saturated rings. The van der Waals surface area contributed by atoms with Crippen molar-refractivity contribution in [2.45, 2.75) is 6.92 Å². The minimum atomic E-state index is -3.78. The minimum Gasteiger partial charge on any atom is -0.486 e. The molecule has 32 heavy (non-hydrogen) atoms. The third-order valence-electron chi connectivity index (χ3n) is 4.65. The topological polar surface area (TPSA) is 114 Å². The van der Waals surface area contributed by atoms with Crippen molar-refractivity contribution in [2.75, 3.05) is 41.7 Å². The number of fused-ring (bicyclic) bond motifs is 1. The Morgan fingerprint density at radius 3 is 2.56 bits per heavy atom. The van der Waals surface area contributed by atoms with E-state index in [2.05, 4.69) is 17.2 Å². The average molecular weight is 460 g/mol. The van der Waals surface area contributed by atoms with Gasteiger partial charge in [-0.05, 0) is 31.2 Å². The Kier molecular flexibility index (Phi) is 7.37. The predicted octanol–water partition coefficient (Wildman–Crippen LogP) is 2.17. The number of hydrogen-bond acceptors (Lipinski definition) is 6. The number of para-hydroxylation sites is 1. The average Bonchev–Trinajstić information content (AvgIpc) is 2.81. The standard InChI is InChI=1S/C22H25N3O6S/c1-3-11-23-22(27)17-7-5-6-8-18(17)24-21(26)15-25(32(28,29)4-2)16-9-10-19-20(14-16)31-13-12-30-19/h3,5-10,14H,1,4,11-13,15H2,2H3,(H,23,27)(H,24,26). The van der Waals surface area contributed by atoms with Gasteiger partial charge in [0, 0.05) is 12.6 Å². The molecule has 9 nitrogen and oxygen atoms in total. The van der Waals surface area contributed by atoms with E-state index < -0.39 is 22.5 Å².